The molecular weight excluding hydrogens is 193 g/mol. The van der Waals surface area contributed by atoms with Crippen molar-refractivity contribution in [3.63, 3.8) is 0 Å². The summed E-state index contributed by atoms with van der Waals surface area (Å²) in [4.78, 5) is 0. The molecule has 0 bridgehead atoms. The second-order valence-corrected chi connectivity index (χ2v) is 4.10. The number of rotatable bonds is 3. The summed E-state index contributed by atoms with van der Waals surface area (Å²) in [6, 6.07) is 5.07. The summed E-state index contributed by atoms with van der Waals surface area (Å²) in [5.41, 5.74) is 0.919. The van der Waals surface area contributed by atoms with E-state index in [2.05, 4.69) is 5.32 Å². The second kappa shape index (κ2) is 4.62. The summed E-state index contributed by atoms with van der Waals surface area (Å²) >= 11 is 0. The van der Waals surface area contributed by atoms with E-state index in [0.29, 0.717) is 18.3 Å². The second-order valence-electron chi connectivity index (χ2n) is 4.10. The van der Waals surface area contributed by atoms with Crippen LogP contribution in [0, 0.1) is 18.7 Å². The Bertz CT molecular complexity index is 334. The van der Waals surface area contributed by atoms with Crippen molar-refractivity contribution in [2.24, 2.45) is 5.92 Å². The minimum absolute atomic E-state index is 0.263. The van der Waals surface area contributed by atoms with Crippen molar-refractivity contribution in [3.05, 3.63) is 29.6 Å². The first-order valence-corrected chi connectivity index (χ1v) is 5.35. The maximum absolute atomic E-state index is 13.4. The average molecular weight is 209 g/mol. The lowest BCUT2D eigenvalue weighted by Gasteiger charge is -2.11. The van der Waals surface area contributed by atoms with Gasteiger partial charge in [0.1, 0.15) is 0 Å². The third-order valence-electron chi connectivity index (χ3n) is 2.72. The predicted molar refractivity (Wildman–Crippen MR) is 57.6 cm³/mol. The van der Waals surface area contributed by atoms with Gasteiger partial charge >= 0.3 is 0 Å². The van der Waals surface area contributed by atoms with Crippen molar-refractivity contribution in [3.8, 4) is 5.75 Å². The summed E-state index contributed by atoms with van der Waals surface area (Å²) in [5, 5.41) is 3.26. The van der Waals surface area contributed by atoms with E-state index in [9.17, 15) is 4.39 Å². The van der Waals surface area contributed by atoms with Crippen LogP contribution in [-0.2, 0) is 0 Å². The van der Waals surface area contributed by atoms with Gasteiger partial charge in [0.2, 0.25) is 0 Å². The molecule has 0 spiro atoms. The van der Waals surface area contributed by atoms with Crippen molar-refractivity contribution < 1.29 is 9.13 Å². The molecule has 2 rings (SSSR count). The van der Waals surface area contributed by atoms with Gasteiger partial charge in [-0.3, -0.25) is 0 Å². The molecule has 1 aliphatic rings. The van der Waals surface area contributed by atoms with Gasteiger partial charge in [0.25, 0.3) is 0 Å². The molecule has 1 aromatic rings. The molecular formula is C12H16FNO. The van der Waals surface area contributed by atoms with E-state index in [0.717, 1.165) is 25.1 Å². The third kappa shape index (κ3) is 2.69. The lowest BCUT2D eigenvalue weighted by Crippen LogP contribution is -2.15. The first-order valence-electron chi connectivity index (χ1n) is 5.35. The van der Waals surface area contributed by atoms with Crippen molar-refractivity contribution in [1.82, 2.24) is 5.32 Å². The number of aryl methyl sites for hydroxylation is 1. The molecule has 3 heteroatoms. The maximum Gasteiger partial charge on any atom is 0.165 e. The molecule has 0 unspecified atom stereocenters. The van der Waals surface area contributed by atoms with Crippen molar-refractivity contribution in [2.75, 3.05) is 19.7 Å². The Labute approximate surface area is 89.4 Å². The maximum atomic E-state index is 13.4. The minimum atomic E-state index is -0.263. The van der Waals surface area contributed by atoms with Gasteiger partial charge in [-0.2, -0.15) is 0 Å². The molecule has 0 aliphatic carbocycles. The molecule has 1 saturated heterocycles. The topological polar surface area (TPSA) is 21.3 Å². The molecule has 0 radical (unpaired) electrons. The number of halogens is 1. The van der Waals surface area contributed by atoms with Crippen molar-refractivity contribution >= 4 is 0 Å². The third-order valence-corrected chi connectivity index (χ3v) is 2.72. The number of ether oxygens (including phenoxy) is 1. The zero-order valence-corrected chi connectivity index (χ0v) is 8.92. The van der Waals surface area contributed by atoms with Gasteiger partial charge in [-0.05, 0) is 37.6 Å². The molecule has 1 atom stereocenters. The normalized spacial score (nSPS) is 20.5. The van der Waals surface area contributed by atoms with E-state index in [1.54, 1.807) is 6.07 Å². The molecule has 1 N–H and O–H groups in total. The first-order chi connectivity index (χ1) is 7.25. The largest absolute Gasteiger partial charge is 0.490 e. The van der Waals surface area contributed by atoms with Gasteiger partial charge in [0.05, 0.1) is 6.61 Å². The Kier molecular flexibility index (Phi) is 3.21. The van der Waals surface area contributed by atoms with Crippen molar-refractivity contribution in [1.29, 1.82) is 0 Å². The van der Waals surface area contributed by atoms with Crippen LogP contribution in [0.3, 0.4) is 0 Å². The zero-order chi connectivity index (χ0) is 10.7. The summed E-state index contributed by atoms with van der Waals surface area (Å²) in [5.74, 6) is 0.624. The molecule has 0 saturated carbocycles. The molecule has 1 aromatic carbocycles. The lowest BCUT2D eigenvalue weighted by molar-refractivity contribution is 0.249. The van der Waals surface area contributed by atoms with Gasteiger partial charge in [-0.25, -0.2) is 4.39 Å². The average Bonchev–Trinajstić information content (AvgIpc) is 2.69. The number of benzene rings is 1. The molecule has 1 fully saturated rings. The van der Waals surface area contributed by atoms with E-state index >= 15 is 0 Å². The quantitative estimate of drug-likeness (QED) is 0.823. The highest BCUT2D eigenvalue weighted by Crippen LogP contribution is 2.19. The Morgan fingerprint density at radius 3 is 3.07 bits per heavy atom. The van der Waals surface area contributed by atoms with E-state index < -0.39 is 0 Å². The Morgan fingerprint density at radius 2 is 2.40 bits per heavy atom. The van der Waals surface area contributed by atoms with Crippen LogP contribution in [0.5, 0.6) is 5.75 Å². The lowest BCUT2D eigenvalue weighted by atomic mass is 10.1. The van der Waals surface area contributed by atoms with Crippen LogP contribution >= 0.6 is 0 Å². The van der Waals surface area contributed by atoms with Crippen LogP contribution in [0.4, 0.5) is 4.39 Å². The number of hydrogen-bond acceptors (Lipinski definition) is 2. The molecule has 0 amide bonds. The summed E-state index contributed by atoms with van der Waals surface area (Å²) in [6.45, 7) is 4.50. The summed E-state index contributed by atoms with van der Waals surface area (Å²) < 4.78 is 18.8. The zero-order valence-electron chi connectivity index (χ0n) is 8.92. The van der Waals surface area contributed by atoms with Crippen LogP contribution in [0.2, 0.25) is 0 Å². The SMILES string of the molecule is Cc1ccc(OC[C@@H]2CCNC2)c(F)c1. The highest BCUT2D eigenvalue weighted by Gasteiger charge is 2.15. The Balaban J connectivity index is 1.92. The smallest absolute Gasteiger partial charge is 0.165 e. The van der Waals surface area contributed by atoms with E-state index in [-0.39, 0.29) is 5.82 Å². The molecule has 1 heterocycles. The molecule has 1 aliphatic heterocycles. The van der Waals surface area contributed by atoms with Gasteiger partial charge < -0.3 is 10.1 Å². The van der Waals surface area contributed by atoms with Crippen LogP contribution in [0.15, 0.2) is 18.2 Å². The fourth-order valence-corrected chi connectivity index (χ4v) is 1.79. The van der Waals surface area contributed by atoms with E-state index in [4.69, 9.17) is 4.74 Å². The van der Waals surface area contributed by atoms with Crippen molar-refractivity contribution in [2.45, 2.75) is 13.3 Å². The fourth-order valence-electron chi connectivity index (χ4n) is 1.79. The predicted octanol–water partition coefficient (Wildman–Crippen LogP) is 2.12. The van der Waals surface area contributed by atoms with Crippen LogP contribution in [-0.4, -0.2) is 19.7 Å². The number of nitrogens with one attached hydrogen (secondary N) is 1. The fraction of sp³-hybridized carbons (Fsp3) is 0.500. The standard InChI is InChI=1S/C12H16FNO/c1-9-2-3-12(11(13)6-9)15-8-10-4-5-14-7-10/h2-3,6,10,14H,4-5,7-8H2,1H3/t10-/m1/s1. The summed E-state index contributed by atoms with van der Waals surface area (Å²) in [7, 11) is 0. The van der Waals surface area contributed by atoms with Gasteiger partial charge in [0, 0.05) is 12.5 Å². The molecule has 2 nitrogen and oxygen atoms in total. The highest BCUT2D eigenvalue weighted by atomic mass is 19.1. The Morgan fingerprint density at radius 1 is 1.53 bits per heavy atom. The molecule has 0 aromatic heterocycles. The van der Waals surface area contributed by atoms with Gasteiger partial charge in [-0.15, -0.1) is 0 Å². The van der Waals surface area contributed by atoms with Gasteiger partial charge in [-0.1, -0.05) is 6.07 Å². The number of hydrogen-bond donors (Lipinski definition) is 1. The van der Waals surface area contributed by atoms with Crippen LogP contribution in [0.1, 0.15) is 12.0 Å². The van der Waals surface area contributed by atoms with Crippen LogP contribution in [0.25, 0.3) is 0 Å². The summed E-state index contributed by atoms with van der Waals surface area (Å²) in [6.07, 6.45) is 1.12. The highest BCUT2D eigenvalue weighted by molar-refractivity contribution is 5.28. The molecule has 82 valence electrons. The van der Waals surface area contributed by atoms with Gasteiger partial charge in [0.15, 0.2) is 11.6 Å². The monoisotopic (exact) mass is 209 g/mol. The Hall–Kier alpha value is -1.09. The minimum Gasteiger partial charge on any atom is -0.490 e. The van der Waals surface area contributed by atoms with E-state index in [1.807, 2.05) is 13.0 Å². The van der Waals surface area contributed by atoms with E-state index in [1.165, 1.54) is 6.07 Å². The van der Waals surface area contributed by atoms with Crippen LogP contribution < -0.4 is 10.1 Å². The molecule has 15 heavy (non-hydrogen) atoms. The first kappa shape index (κ1) is 10.4.